The molecular formula is C11H16N2OS. The molecule has 15 heavy (non-hydrogen) atoms. The molecule has 1 rings (SSSR count). The predicted molar refractivity (Wildman–Crippen MR) is 66.2 cm³/mol. The van der Waals surface area contributed by atoms with Crippen LogP contribution < -0.4 is 10.6 Å². The zero-order chi connectivity index (χ0) is 11.1. The minimum absolute atomic E-state index is 0.0184. The molecule has 0 fully saturated rings. The Hall–Kier alpha value is -1.00. The van der Waals surface area contributed by atoms with Crippen molar-refractivity contribution in [2.24, 2.45) is 0 Å². The maximum atomic E-state index is 11.2. The van der Waals surface area contributed by atoms with Gasteiger partial charge in [-0.1, -0.05) is 12.1 Å². The van der Waals surface area contributed by atoms with Gasteiger partial charge in [-0.25, -0.2) is 0 Å². The Morgan fingerprint density at radius 1 is 1.33 bits per heavy atom. The summed E-state index contributed by atoms with van der Waals surface area (Å²) >= 11 is 1.79. The van der Waals surface area contributed by atoms with Gasteiger partial charge in [0.15, 0.2) is 0 Å². The Labute approximate surface area is 94.6 Å². The van der Waals surface area contributed by atoms with Crippen molar-refractivity contribution in [3.8, 4) is 0 Å². The zero-order valence-electron chi connectivity index (χ0n) is 9.04. The van der Waals surface area contributed by atoms with Crippen LogP contribution in [0.2, 0.25) is 0 Å². The second kappa shape index (κ2) is 6.48. The fourth-order valence-corrected chi connectivity index (χ4v) is 1.74. The van der Waals surface area contributed by atoms with Crippen LogP contribution in [-0.2, 0) is 10.5 Å². The predicted octanol–water partition coefficient (Wildman–Crippen LogP) is 1.71. The minimum Gasteiger partial charge on any atom is -0.325 e. The number of thioether (sulfide) groups is 1. The Morgan fingerprint density at radius 3 is 2.53 bits per heavy atom. The van der Waals surface area contributed by atoms with Gasteiger partial charge in [-0.05, 0) is 31.0 Å². The van der Waals surface area contributed by atoms with Gasteiger partial charge in [0.25, 0.3) is 0 Å². The van der Waals surface area contributed by atoms with E-state index in [0.717, 1.165) is 11.4 Å². The normalized spacial score (nSPS) is 10.0. The minimum atomic E-state index is -0.0184. The van der Waals surface area contributed by atoms with Crippen molar-refractivity contribution < 1.29 is 4.79 Å². The third-order valence-corrected chi connectivity index (χ3v) is 2.51. The zero-order valence-corrected chi connectivity index (χ0v) is 9.86. The standard InChI is InChI=1S/C11H16N2OS/c1-12-7-11(14)13-10-5-3-9(4-6-10)8-15-2/h3-6,12H,7-8H2,1-2H3,(H,13,14). The average molecular weight is 224 g/mol. The van der Waals surface area contributed by atoms with E-state index in [4.69, 9.17) is 0 Å². The fourth-order valence-electron chi connectivity index (χ4n) is 1.22. The molecule has 1 aromatic carbocycles. The van der Waals surface area contributed by atoms with Crippen molar-refractivity contribution in [1.29, 1.82) is 0 Å². The first-order chi connectivity index (χ1) is 7.26. The fraction of sp³-hybridized carbons (Fsp3) is 0.364. The van der Waals surface area contributed by atoms with E-state index >= 15 is 0 Å². The molecule has 0 aromatic heterocycles. The lowest BCUT2D eigenvalue weighted by Crippen LogP contribution is -2.24. The summed E-state index contributed by atoms with van der Waals surface area (Å²) in [5, 5.41) is 5.61. The molecule has 2 N–H and O–H groups in total. The Bertz CT molecular complexity index is 311. The number of anilines is 1. The molecule has 3 nitrogen and oxygen atoms in total. The van der Waals surface area contributed by atoms with Crippen molar-refractivity contribution in [2.45, 2.75) is 5.75 Å². The topological polar surface area (TPSA) is 41.1 Å². The number of carbonyl (C=O) groups is 1. The molecule has 1 aromatic rings. The van der Waals surface area contributed by atoms with Gasteiger partial charge in [0.1, 0.15) is 0 Å². The molecule has 0 spiro atoms. The summed E-state index contributed by atoms with van der Waals surface area (Å²) in [4.78, 5) is 11.2. The van der Waals surface area contributed by atoms with Crippen LogP contribution in [0.25, 0.3) is 0 Å². The molecule has 0 unspecified atom stereocenters. The second-order valence-corrected chi connectivity index (χ2v) is 4.07. The number of benzene rings is 1. The molecule has 0 aliphatic carbocycles. The van der Waals surface area contributed by atoms with Gasteiger partial charge < -0.3 is 10.6 Å². The van der Waals surface area contributed by atoms with Crippen LogP contribution in [0, 0.1) is 0 Å². The Morgan fingerprint density at radius 2 is 2.00 bits per heavy atom. The number of nitrogens with one attached hydrogen (secondary N) is 2. The average Bonchev–Trinajstić information content (AvgIpc) is 2.22. The summed E-state index contributed by atoms with van der Waals surface area (Å²) in [6, 6.07) is 7.93. The molecule has 0 saturated heterocycles. The van der Waals surface area contributed by atoms with Gasteiger partial charge >= 0.3 is 0 Å². The smallest absolute Gasteiger partial charge is 0.238 e. The lowest BCUT2D eigenvalue weighted by molar-refractivity contribution is -0.115. The molecule has 0 heterocycles. The van der Waals surface area contributed by atoms with E-state index in [0.29, 0.717) is 6.54 Å². The highest BCUT2D eigenvalue weighted by molar-refractivity contribution is 7.97. The highest BCUT2D eigenvalue weighted by Crippen LogP contribution is 2.13. The van der Waals surface area contributed by atoms with Crippen LogP contribution in [0.5, 0.6) is 0 Å². The van der Waals surface area contributed by atoms with Crippen molar-refractivity contribution in [3.05, 3.63) is 29.8 Å². The molecule has 0 bridgehead atoms. The second-order valence-electron chi connectivity index (χ2n) is 3.21. The molecule has 82 valence electrons. The van der Waals surface area contributed by atoms with Gasteiger partial charge in [-0.3, -0.25) is 4.79 Å². The number of hydrogen-bond donors (Lipinski definition) is 2. The summed E-state index contributed by atoms with van der Waals surface area (Å²) in [7, 11) is 1.75. The SMILES string of the molecule is CNCC(=O)Nc1ccc(CSC)cc1. The molecule has 0 atom stereocenters. The Balaban J connectivity index is 2.52. The number of hydrogen-bond acceptors (Lipinski definition) is 3. The highest BCUT2D eigenvalue weighted by atomic mass is 32.2. The Kier molecular flexibility index (Phi) is 5.21. The quantitative estimate of drug-likeness (QED) is 0.800. The summed E-state index contributed by atoms with van der Waals surface area (Å²) in [5.74, 6) is 0.986. The summed E-state index contributed by atoms with van der Waals surface area (Å²) < 4.78 is 0. The molecule has 0 radical (unpaired) electrons. The van der Waals surface area contributed by atoms with E-state index in [1.54, 1.807) is 18.8 Å². The summed E-state index contributed by atoms with van der Waals surface area (Å²) in [6.07, 6.45) is 2.07. The largest absolute Gasteiger partial charge is 0.325 e. The maximum Gasteiger partial charge on any atom is 0.238 e. The molecule has 1 amide bonds. The monoisotopic (exact) mass is 224 g/mol. The maximum absolute atomic E-state index is 11.2. The van der Waals surface area contributed by atoms with E-state index in [1.165, 1.54) is 5.56 Å². The summed E-state index contributed by atoms with van der Waals surface area (Å²) in [6.45, 7) is 0.340. The number of likely N-dealkylation sites (N-methyl/N-ethyl adjacent to an activating group) is 1. The molecule has 0 aliphatic rings. The van der Waals surface area contributed by atoms with Gasteiger partial charge in [0.2, 0.25) is 5.91 Å². The molecule has 0 aliphatic heterocycles. The van der Waals surface area contributed by atoms with E-state index in [-0.39, 0.29) is 5.91 Å². The van der Waals surface area contributed by atoms with E-state index < -0.39 is 0 Å². The van der Waals surface area contributed by atoms with Crippen molar-refractivity contribution in [1.82, 2.24) is 5.32 Å². The van der Waals surface area contributed by atoms with Crippen molar-refractivity contribution in [3.63, 3.8) is 0 Å². The van der Waals surface area contributed by atoms with E-state index in [1.807, 2.05) is 24.3 Å². The van der Waals surface area contributed by atoms with Crippen LogP contribution >= 0.6 is 11.8 Å². The highest BCUT2D eigenvalue weighted by Gasteiger charge is 1.99. The van der Waals surface area contributed by atoms with Gasteiger partial charge in [-0.2, -0.15) is 11.8 Å². The number of rotatable bonds is 5. The van der Waals surface area contributed by atoms with E-state index in [9.17, 15) is 4.79 Å². The lowest BCUT2D eigenvalue weighted by Gasteiger charge is -2.05. The van der Waals surface area contributed by atoms with Crippen molar-refractivity contribution >= 4 is 23.4 Å². The third-order valence-electron chi connectivity index (χ3n) is 1.89. The van der Waals surface area contributed by atoms with Gasteiger partial charge in [0.05, 0.1) is 6.54 Å². The third kappa shape index (κ3) is 4.36. The molecular weight excluding hydrogens is 208 g/mol. The number of amides is 1. The van der Waals surface area contributed by atoms with E-state index in [2.05, 4.69) is 16.9 Å². The van der Waals surface area contributed by atoms with Crippen LogP contribution in [0.15, 0.2) is 24.3 Å². The first-order valence-corrected chi connectivity index (χ1v) is 6.18. The summed E-state index contributed by atoms with van der Waals surface area (Å²) in [5.41, 5.74) is 2.12. The first-order valence-electron chi connectivity index (χ1n) is 4.78. The molecule has 0 saturated carbocycles. The van der Waals surface area contributed by atoms with Crippen LogP contribution in [0.4, 0.5) is 5.69 Å². The van der Waals surface area contributed by atoms with Crippen LogP contribution in [0.1, 0.15) is 5.56 Å². The van der Waals surface area contributed by atoms with Gasteiger partial charge in [0, 0.05) is 11.4 Å². The molecule has 4 heteroatoms. The first kappa shape index (κ1) is 12.1. The van der Waals surface area contributed by atoms with Crippen LogP contribution in [-0.4, -0.2) is 25.8 Å². The van der Waals surface area contributed by atoms with Crippen LogP contribution in [0.3, 0.4) is 0 Å². The van der Waals surface area contributed by atoms with Crippen molar-refractivity contribution in [2.75, 3.05) is 25.2 Å². The lowest BCUT2D eigenvalue weighted by atomic mass is 10.2. The van der Waals surface area contributed by atoms with Gasteiger partial charge in [-0.15, -0.1) is 0 Å². The number of carbonyl (C=O) groups excluding carboxylic acids is 1.